The summed E-state index contributed by atoms with van der Waals surface area (Å²) in [4.78, 5) is 1.56. The Morgan fingerprint density at radius 3 is 2.72 bits per heavy atom. The molecule has 18 heavy (non-hydrogen) atoms. The lowest BCUT2D eigenvalue weighted by Crippen LogP contribution is -2.13. The zero-order valence-electron chi connectivity index (χ0n) is 10.2. The van der Waals surface area contributed by atoms with Gasteiger partial charge in [-0.25, -0.2) is 4.39 Å². The molecule has 1 N–H and O–H groups in total. The highest BCUT2D eigenvalue weighted by Gasteiger charge is 2.13. The van der Waals surface area contributed by atoms with Crippen LogP contribution in [0.5, 0.6) is 0 Å². The zero-order chi connectivity index (χ0) is 13.1. The summed E-state index contributed by atoms with van der Waals surface area (Å²) >= 11 is 1.38. The van der Waals surface area contributed by atoms with Crippen LogP contribution in [0.25, 0.3) is 10.4 Å². The summed E-state index contributed by atoms with van der Waals surface area (Å²) in [5.41, 5.74) is 1.88. The van der Waals surface area contributed by atoms with Crippen LogP contribution in [-0.4, -0.2) is 7.05 Å². The largest absolute Gasteiger partial charge is 0.313 e. The number of hydrogen-bond acceptors (Lipinski definition) is 3. The van der Waals surface area contributed by atoms with E-state index in [2.05, 4.69) is 11.4 Å². The zero-order valence-corrected chi connectivity index (χ0v) is 11.0. The number of hydrogen-bond donors (Lipinski definition) is 1. The van der Waals surface area contributed by atoms with Crippen molar-refractivity contribution in [2.75, 3.05) is 7.05 Å². The molecule has 1 aromatic carbocycles. The average molecular weight is 260 g/mol. The molecule has 1 heterocycles. The van der Waals surface area contributed by atoms with Crippen LogP contribution in [-0.2, 0) is 0 Å². The van der Waals surface area contributed by atoms with Crippen LogP contribution in [0.1, 0.15) is 23.4 Å². The van der Waals surface area contributed by atoms with E-state index in [0.717, 1.165) is 16.0 Å². The fourth-order valence-electron chi connectivity index (χ4n) is 1.82. The van der Waals surface area contributed by atoms with Gasteiger partial charge >= 0.3 is 0 Å². The summed E-state index contributed by atoms with van der Waals surface area (Å²) in [5, 5.41) is 12.0. The monoisotopic (exact) mass is 260 g/mol. The van der Waals surface area contributed by atoms with Gasteiger partial charge in [0.05, 0.1) is 0 Å². The van der Waals surface area contributed by atoms with E-state index in [1.165, 1.54) is 23.5 Å². The van der Waals surface area contributed by atoms with E-state index in [4.69, 9.17) is 5.26 Å². The molecule has 92 valence electrons. The Bertz CT molecular complexity index is 598. The van der Waals surface area contributed by atoms with Gasteiger partial charge in [0.1, 0.15) is 16.8 Å². The van der Waals surface area contributed by atoms with Gasteiger partial charge in [0, 0.05) is 10.9 Å². The molecule has 0 saturated heterocycles. The van der Waals surface area contributed by atoms with Crippen molar-refractivity contribution in [1.29, 1.82) is 5.26 Å². The van der Waals surface area contributed by atoms with Crippen LogP contribution in [0.2, 0.25) is 0 Å². The molecule has 2 aromatic rings. The van der Waals surface area contributed by atoms with Crippen molar-refractivity contribution in [3.63, 3.8) is 0 Å². The lowest BCUT2D eigenvalue weighted by Gasteiger charge is -2.15. The van der Waals surface area contributed by atoms with Gasteiger partial charge in [-0.1, -0.05) is 6.07 Å². The first kappa shape index (κ1) is 12.7. The molecular formula is C14H13FN2S. The Morgan fingerprint density at radius 2 is 2.11 bits per heavy atom. The van der Waals surface area contributed by atoms with Gasteiger partial charge in [-0.05, 0) is 49.4 Å². The number of benzene rings is 1. The molecule has 1 unspecified atom stereocenters. The van der Waals surface area contributed by atoms with E-state index in [-0.39, 0.29) is 11.9 Å². The van der Waals surface area contributed by atoms with Gasteiger partial charge in [-0.2, -0.15) is 5.26 Å². The summed E-state index contributed by atoms with van der Waals surface area (Å²) in [6, 6.07) is 10.6. The highest BCUT2D eigenvalue weighted by atomic mass is 32.1. The molecule has 0 saturated carbocycles. The quantitative estimate of drug-likeness (QED) is 0.913. The Labute approximate surface area is 110 Å². The van der Waals surface area contributed by atoms with Gasteiger partial charge in [0.15, 0.2) is 0 Å². The third-order valence-electron chi connectivity index (χ3n) is 2.90. The van der Waals surface area contributed by atoms with Gasteiger partial charge in [-0.3, -0.25) is 0 Å². The fraction of sp³-hybridized carbons (Fsp3) is 0.214. The molecule has 1 atom stereocenters. The molecule has 1 aromatic heterocycles. The molecule has 0 aliphatic carbocycles. The summed E-state index contributed by atoms with van der Waals surface area (Å²) in [6.07, 6.45) is 0. The minimum Gasteiger partial charge on any atom is -0.313 e. The number of thiophene rings is 1. The van der Waals surface area contributed by atoms with Gasteiger partial charge in [0.2, 0.25) is 0 Å². The van der Waals surface area contributed by atoms with E-state index in [9.17, 15) is 4.39 Å². The number of rotatable bonds is 3. The average Bonchev–Trinajstić information content (AvgIpc) is 2.86. The summed E-state index contributed by atoms with van der Waals surface area (Å²) < 4.78 is 13.4. The Kier molecular flexibility index (Phi) is 3.75. The number of nitrogens with one attached hydrogen (secondary N) is 1. The molecule has 0 amide bonds. The second-order valence-electron chi connectivity index (χ2n) is 4.02. The molecule has 0 radical (unpaired) electrons. The topological polar surface area (TPSA) is 35.8 Å². The maximum absolute atomic E-state index is 13.4. The predicted molar refractivity (Wildman–Crippen MR) is 71.9 cm³/mol. The van der Waals surface area contributed by atoms with Crippen molar-refractivity contribution in [1.82, 2.24) is 5.32 Å². The van der Waals surface area contributed by atoms with Crippen LogP contribution in [0, 0.1) is 17.1 Å². The summed E-state index contributed by atoms with van der Waals surface area (Å²) in [7, 11) is 1.87. The van der Waals surface area contributed by atoms with Crippen LogP contribution >= 0.6 is 11.3 Å². The smallest absolute Gasteiger partial charge is 0.123 e. The number of halogens is 1. The maximum Gasteiger partial charge on any atom is 0.123 e. The molecule has 4 heteroatoms. The van der Waals surface area contributed by atoms with Crippen LogP contribution in [0.15, 0.2) is 30.3 Å². The SMILES string of the molecule is CNC(C)c1ccc(F)cc1-c1ccc(C#N)s1. The Hall–Kier alpha value is -1.70. The number of nitriles is 1. The maximum atomic E-state index is 13.4. The highest BCUT2D eigenvalue weighted by Crippen LogP contribution is 2.33. The summed E-state index contributed by atoms with van der Waals surface area (Å²) in [6.45, 7) is 2.02. The van der Waals surface area contributed by atoms with Crippen molar-refractivity contribution >= 4 is 11.3 Å². The van der Waals surface area contributed by atoms with Crippen LogP contribution in [0.4, 0.5) is 4.39 Å². The fourth-order valence-corrected chi connectivity index (χ4v) is 2.66. The number of nitrogens with zero attached hydrogens (tertiary/aromatic N) is 1. The second kappa shape index (κ2) is 5.30. The van der Waals surface area contributed by atoms with Crippen LogP contribution < -0.4 is 5.32 Å². The molecule has 2 nitrogen and oxygen atoms in total. The van der Waals surface area contributed by atoms with E-state index in [1.807, 2.05) is 20.0 Å². The molecular weight excluding hydrogens is 247 g/mol. The third kappa shape index (κ3) is 2.42. The normalized spacial score (nSPS) is 12.1. The lowest BCUT2D eigenvalue weighted by molar-refractivity contribution is 0.620. The Balaban J connectivity index is 2.54. The Morgan fingerprint density at radius 1 is 1.33 bits per heavy atom. The standard InChI is InChI=1S/C14H13FN2S/c1-9(17-2)12-5-3-10(15)7-13(12)14-6-4-11(8-16)18-14/h3-7,9,17H,1-2H3. The predicted octanol–water partition coefficient (Wildman–Crippen LogP) is 3.71. The molecule has 0 aliphatic heterocycles. The minimum absolute atomic E-state index is 0.133. The second-order valence-corrected chi connectivity index (χ2v) is 5.10. The van der Waals surface area contributed by atoms with E-state index >= 15 is 0 Å². The highest BCUT2D eigenvalue weighted by molar-refractivity contribution is 7.16. The van der Waals surface area contributed by atoms with E-state index < -0.39 is 0 Å². The van der Waals surface area contributed by atoms with Crippen molar-refractivity contribution < 1.29 is 4.39 Å². The lowest BCUT2D eigenvalue weighted by atomic mass is 10.00. The third-order valence-corrected chi connectivity index (χ3v) is 3.92. The van der Waals surface area contributed by atoms with Crippen molar-refractivity contribution in [2.45, 2.75) is 13.0 Å². The molecule has 0 aliphatic rings. The van der Waals surface area contributed by atoms with Gasteiger partial charge in [-0.15, -0.1) is 11.3 Å². The molecule has 2 rings (SSSR count). The van der Waals surface area contributed by atoms with Gasteiger partial charge in [0.25, 0.3) is 0 Å². The van der Waals surface area contributed by atoms with Gasteiger partial charge < -0.3 is 5.32 Å². The van der Waals surface area contributed by atoms with Crippen molar-refractivity contribution in [2.24, 2.45) is 0 Å². The van der Waals surface area contributed by atoms with Crippen molar-refractivity contribution in [3.8, 4) is 16.5 Å². The minimum atomic E-state index is -0.260. The summed E-state index contributed by atoms with van der Waals surface area (Å²) in [5.74, 6) is -0.260. The molecule has 0 fully saturated rings. The first-order valence-electron chi connectivity index (χ1n) is 5.62. The first-order valence-corrected chi connectivity index (χ1v) is 6.44. The van der Waals surface area contributed by atoms with Crippen molar-refractivity contribution in [3.05, 3.63) is 46.6 Å². The first-order chi connectivity index (χ1) is 8.65. The van der Waals surface area contributed by atoms with E-state index in [1.54, 1.807) is 12.1 Å². The molecule has 0 spiro atoms. The van der Waals surface area contributed by atoms with Crippen LogP contribution in [0.3, 0.4) is 0 Å². The molecule has 0 bridgehead atoms. The van der Waals surface area contributed by atoms with E-state index in [0.29, 0.717) is 4.88 Å².